The van der Waals surface area contributed by atoms with Crippen LogP contribution in [0.2, 0.25) is 0 Å². The molecule has 1 atom stereocenters. The summed E-state index contributed by atoms with van der Waals surface area (Å²) in [6, 6.07) is 7.47. The molecule has 0 amide bonds. The Hall–Kier alpha value is -2.14. The maximum absolute atomic E-state index is 11.4. The molecule has 1 aromatic rings. The molecule has 1 N–H and O–H groups in total. The predicted octanol–water partition coefficient (Wildman–Crippen LogP) is 2.63. The number of benzene rings is 1. The number of carbonyl (C=O) groups is 1. The molecule has 0 aromatic heterocycles. The van der Waals surface area contributed by atoms with E-state index in [4.69, 9.17) is 4.74 Å². The topological polar surface area (TPSA) is 58.9 Å². The van der Waals surface area contributed by atoms with Crippen LogP contribution in [0.5, 0.6) is 5.75 Å². The van der Waals surface area contributed by atoms with Crippen molar-refractivity contribution in [1.82, 2.24) is 4.59 Å². The quantitative estimate of drug-likeness (QED) is 0.859. The number of rotatable bonds is 4. The summed E-state index contributed by atoms with van der Waals surface area (Å²) >= 11 is 0. The van der Waals surface area contributed by atoms with Crippen LogP contribution in [0.15, 0.2) is 41.1 Å². The lowest BCUT2D eigenvalue weighted by atomic mass is 10.0. The molecule has 5 nitrogen and oxygen atoms in total. The third-order valence-electron chi connectivity index (χ3n) is 3.34. The second-order valence-electron chi connectivity index (χ2n) is 5.21. The zero-order chi connectivity index (χ0) is 14.9. The fourth-order valence-electron chi connectivity index (χ4n) is 2.23. The van der Waals surface area contributed by atoms with Crippen molar-refractivity contribution in [3.05, 3.63) is 36.0 Å². The highest BCUT2D eigenvalue weighted by molar-refractivity contribution is 6.21. The van der Waals surface area contributed by atoms with Crippen molar-refractivity contribution in [2.24, 2.45) is 11.0 Å². The number of ether oxygens (including phenoxy) is 1. The monoisotopic (exact) mass is 275 g/mol. The Morgan fingerprint density at radius 1 is 1.30 bits per heavy atom. The second kappa shape index (κ2) is 5.09. The number of nitrogens with zero attached hydrogens (tertiary/aromatic N) is 2. The number of hydrogen-bond acceptors (Lipinski definition) is 3. The molecule has 0 bridgehead atoms. The van der Waals surface area contributed by atoms with Crippen LogP contribution in [-0.4, -0.2) is 30.9 Å². The maximum Gasteiger partial charge on any atom is 0.343 e. The first-order valence-corrected chi connectivity index (χ1v) is 6.45. The fourth-order valence-corrected chi connectivity index (χ4v) is 2.23. The first-order chi connectivity index (χ1) is 9.37. The van der Waals surface area contributed by atoms with Crippen molar-refractivity contribution in [2.75, 3.05) is 14.2 Å². The molecule has 0 saturated carbocycles. The van der Waals surface area contributed by atoms with Crippen molar-refractivity contribution >= 4 is 17.4 Å². The van der Waals surface area contributed by atoms with Crippen LogP contribution in [0.1, 0.15) is 13.8 Å². The van der Waals surface area contributed by atoms with Crippen molar-refractivity contribution in [3.63, 3.8) is 0 Å². The molecular formula is C15H19N2O3+. The maximum atomic E-state index is 11.4. The van der Waals surface area contributed by atoms with Crippen LogP contribution < -0.4 is 9.33 Å². The van der Waals surface area contributed by atoms with E-state index in [0.29, 0.717) is 5.71 Å². The number of methoxy groups -OCH3 is 1. The summed E-state index contributed by atoms with van der Waals surface area (Å²) in [5.74, 6) is -0.113. The molecule has 1 unspecified atom stereocenters. The van der Waals surface area contributed by atoms with Crippen molar-refractivity contribution in [2.45, 2.75) is 13.8 Å². The standard InChI is InChI=1S/C15H18N2O3/c1-10(2)14-13(15(18)19)9-17(3,16-14)11-5-7-12(20-4)8-6-11/h5-10H,1-4H3/p+1. The van der Waals surface area contributed by atoms with E-state index in [1.165, 1.54) is 0 Å². The second-order valence-corrected chi connectivity index (χ2v) is 5.21. The van der Waals surface area contributed by atoms with Gasteiger partial charge in [0.2, 0.25) is 0 Å². The molecule has 1 aliphatic heterocycles. The Morgan fingerprint density at radius 3 is 2.30 bits per heavy atom. The van der Waals surface area contributed by atoms with Gasteiger partial charge in [0.15, 0.2) is 5.69 Å². The van der Waals surface area contributed by atoms with E-state index < -0.39 is 5.97 Å². The molecule has 0 radical (unpaired) electrons. The third-order valence-corrected chi connectivity index (χ3v) is 3.34. The largest absolute Gasteiger partial charge is 0.497 e. The average molecular weight is 275 g/mol. The van der Waals surface area contributed by atoms with Crippen LogP contribution in [0, 0.1) is 5.92 Å². The molecule has 2 rings (SSSR count). The summed E-state index contributed by atoms with van der Waals surface area (Å²) < 4.78 is 5.24. The minimum atomic E-state index is -0.937. The Bertz CT molecular complexity index is 588. The summed E-state index contributed by atoms with van der Waals surface area (Å²) in [5.41, 5.74) is 1.79. The minimum absolute atomic E-state index is 0.0653. The highest BCUT2D eigenvalue weighted by atomic mass is 16.5. The van der Waals surface area contributed by atoms with Crippen molar-refractivity contribution < 1.29 is 14.6 Å². The molecule has 20 heavy (non-hydrogen) atoms. The number of carboxylic acid groups (broad SMARTS) is 1. The lowest BCUT2D eigenvalue weighted by Crippen LogP contribution is -2.30. The zero-order valence-electron chi connectivity index (χ0n) is 12.1. The van der Waals surface area contributed by atoms with E-state index in [1.54, 1.807) is 13.3 Å². The summed E-state index contributed by atoms with van der Waals surface area (Å²) in [6.45, 7) is 3.89. The predicted molar refractivity (Wildman–Crippen MR) is 78.7 cm³/mol. The Morgan fingerprint density at radius 2 is 1.90 bits per heavy atom. The Balaban J connectivity index is 2.46. The Kier molecular flexibility index (Phi) is 3.63. The van der Waals surface area contributed by atoms with Crippen LogP contribution >= 0.6 is 0 Å². The van der Waals surface area contributed by atoms with Crippen molar-refractivity contribution in [1.29, 1.82) is 0 Å². The van der Waals surface area contributed by atoms with Gasteiger partial charge in [0.05, 0.1) is 7.11 Å². The minimum Gasteiger partial charge on any atom is -0.497 e. The first kappa shape index (κ1) is 14.3. The van der Waals surface area contributed by atoms with E-state index in [0.717, 1.165) is 11.4 Å². The van der Waals surface area contributed by atoms with Crippen molar-refractivity contribution in [3.8, 4) is 5.75 Å². The normalized spacial score (nSPS) is 21.6. The van der Waals surface area contributed by atoms with Gasteiger partial charge in [0, 0.05) is 18.1 Å². The van der Waals surface area contributed by atoms with E-state index in [9.17, 15) is 9.90 Å². The SMILES string of the molecule is COc1ccc([N+]2(C)C=C(C(=O)O)C(C(C)C)=N2)cc1. The molecule has 1 aliphatic rings. The summed E-state index contributed by atoms with van der Waals surface area (Å²) in [6.07, 6.45) is 1.67. The first-order valence-electron chi connectivity index (χ1n) is 6.45. The molecule has 5 heteroatoms. The van der Waals surface area contributed by atoms with Gasteiger partial charge in [0.1, 0.15) is 30.3 Å². The lowest BCUT2D eigenvalue weighted by Gasteiger charge is -2.20. The highest BCUT2D eigenvalue weighted by Gasteiger charge is 2.37. The lowest BCUT2D eigenvalue weighted by molar-refractivity contribution is -0.132. The van der Waals surface area contributed by atoms with Crippen LogP contribution in [0.4, 0.5) is 5.69 Å². The van der Waals surface area contributed by atoms with Gasteiger partial charge >= 0.3 is 5.97 Å². The molecule has 1 heterocycles. The number of carboxylic acids is 1. The van der Waals surface area contributed by atoms with E-state index in [-0.39, 0.29) is 16.1 Å². The van der Waals surface area contributed by atoms with Gasteiger partial charge < -0.3 is 9.84 Å². The molecule has 106 valence electrons. The van der Waals surface area contributed by atoms with E-state index in [1.807, 2.05) is 45.2 Å². The van der Waals surface area contributed by atoms with Gasteiger partial charge in [-0.3, -0.25) is 0 Å². The Labute approximate surface area is 118 Å². The highest BCUT2D eigenvalue weighted by Crippen LogP contribution is 2.31. The zero-order valence-corrected chi connectivity index (χ0v) is 12.1. The fraction of sp³-hybridized carbons (Fsp3) is 0.333. The van der Waals surface area contributed by atoms with Crippen LogP contribution in [-0.2, 0) is 4.79 Å². The molecule has 0 aliphatic carbocycles. The van der Waals surface area contributed by atoms with E-state index in [2.05, 4.69) is 5.10 Å². The molecular weight excluding hydrogens is 256 g/mol. The number of hydrogen-bond donors (Lipinski definition) is 1. The van der Waals surface area contributed by atoms with Crippen LogP contribution in [0.3, 0.4) is 0 Å². The molecule has 1 aromatic carbocycles. The molecule has 0 spiro atoms. The summed E-state index contributed by atoms with van der Waals surface area (Å²) in [5, 5.41) is 13.9. The van der Waals surface area contributed by atoms with Crippen LogP contribution in [0.25, 0.3) is 0 Å². The van der Waals surface area contributed by atoms with Gasteiger partial charge in [-0.2, -0.15) is 0 Å². The summed E-state index contributed by atoms with van der Waals surface area (Å²) in [4.78, 5) is 11.4. The number of aliphatic carboxylic acids is 1. The average Bonchev–Trinajstić information content (AvgIpc) is 2.79. The van der Waals surface area contributed by atoms with Gasteiger partial charge in [0.25, 0.3) is 0 Å². The number of quaternary nitrogens is 1. The summed E-state index contributed by atoms with van der Waals surface area (Å²) in [7, 11) is 3.47. The molecule has 0 fully saturated rings. The third kappa shape index (κ3) is 2.44. The van der Waals surface area contributed by atoms with Gasteiger partial charge in [-0.15, -0.1) is 4.59 Å². The molecule has 0 saturated heterocycles. The smallest absolute Gasteiger partial charge is 0.343 e. The van der Waals surface area contributed by atoms with Gasteiger partial charge in [-0.25, -0.2) is 4.79 Å². The van der Waals surface area contributed by atoms with Gasteiger partial charge in [-0.05, 0) is 12.1 Å². The van der Waals surface area contributed by atoms with Gasteiger partial charge in [-0.1, -0.05) is 18.9 Å². The van der Waals surface area contributed by atoms with E-state index >= 15 is 0 Å².